The Morgan fingerprint density at radius 1 is 1.26 bits per heavy atom. The first-order valence-electron chi connectivity index (χ1n) is 8.43. The summed E-state index contributed by atoms with van der Waals surface area (Å²) in [5.74, 6) is 0.609. The number of hydrogen-bond acceptors (Lipinski definition) is 7. The highest BCUT2D eigenvalue weighted by Crippen LogP contribution is 2.31. The number of thiophene rings is 1. The van der Waals surface area contributed by atoms with Crippen molar-refractivity contribution < 1.29 is 14.1 Å². The summed E-state index contributed by atoms with van der Waals surface area (Å²) in [6.07, 6.45) is 0.931. The fraction of sp³-hybridized carbons (Fsp3) is 0.333. The molecule has 7 nitrogen and oxygen atoms in total. The number of carbonyl (C=O) groups excluding carboxylic acids is 2. The van der Waals surface area contributed by atoms with Crippen LogP contribution in [-0.2, 0) is 22.6 Å². The Hall–Kier alpha value is -2.52. The third-order valence-corrected chi connectivity index (χ3v) is 5.82. The number of aromatic nitrogens is 2. The number of aryl methyl sites for hydroxylation is 2. The highest BCUT2D eigenvalue weighted by molar-refractivity contribution is 7.17. The van der Waals surface area contributed by atoms with Crippen molar-refractivity contribution in [3.05, 3.63) is 39.4 Å². The summed E-state index contributed by atoms with van der Waals surface area (Å²) in [7, 11) is 0. The monoisotopic (exact) mass is 404 g/mol. The average molecular weight is 405 g/mol. The van der Waals surface area contributed by atoms with Crippen LogP contribution in [0.5, 0.6) is 0 Å². The van der Waals surface area contributed by atoms with Gasteiger partial charge < -0.3 is 15.2 Å². The van der Waals surface area contributed by atoms with Gasteiger partial charge in [-0.25, -0.2) is 4.98 Å². The summed E-state index contributed by atoms with van der Waals surface area (Å²) in [6.45, 7) is 5.73. The largest absolute Gasteiger partial charge is 0.361 e. The van der Waals surface area contributed by atoms with Crippen LogP contribution in [0.15, 0.2) is 22.0 Å². The molecule has 0 atom stereocenters. The third kappa shape index (κ3) is 5.01. The zero-order valence-corrected chi connectivity index (χ0v) is 16.9. The SMILES string of the molecule is CC(=O)NCc1ccc(-c2csc(NC(=O)CCc3c(C)noc3C)n2)s1. The molecule has 0 aliphatic carbocycles. The normalized spacial score (nSPS) is 10.8. The van der Waals surface area contributed by atoms with E-state index in [4.69, 9.17) is 4.52 Å². The van der Waals surface area contributed by atoms with Crippen molar-refractivity contribution in [1.82, 2.24) is 15.5 Å². The molecular formula is C18H20N4O3S2. The Balaban J connectivity index is 1.56. The molecule has 0 saturated carbocycles. The van der Waals surface area contributed by atoms with Gasteiger partial charge in [0.1, 0.15) is 5.76 Å². The molecule has 0 saturated heterocycles. The van der Waals surface area contributed by atoms with Crippen molar-refractivity contribution in [2.24, 2.45) is 0 Å². The molecule has 142 valence electrons. The van der Waals surface area contributed by atoms with E-state index in [0.717, 1.165) is 32.5 Å². The lowest BCUT2D eigenvalue weighted by molar-refractivity contribution is -0.119. The Morgan fingerprint density at radius 3 is 2.78 bits per heavy atom. The van der Waals surface area contributed by atoms with Crippen LogP contribution in [0.4, 0.5) is 5.13 Å². The van der Waals surface area contributed by atoms with Crippen LogP contribution >= 0.6 is 22.7 Å². The molecule has 0 fully saturated rings. The molecule has 3 aromatic heterocycles. The van der Waals surface area contributed by atoms with Gasteiger partial charge in [-0.05, 0) is 32.4 Å². The van der Waals surface area contributed by atoms with Gasteiger partial charge in [-0.1, -0.05) is 5.16 Å². The maximum atomic E-state index is 12.2. The molecule has 2 N–H and O–H groups in total. The predicted molar refractivity (Wildman–Crippen MR) is 106 cm³/mol. The first kappa shape index (κ1) is 19.2. The molecule has 0 spiro atoms. The number of carbonyl (C=O) groups is 2. The number of anilines is 1. The van der Waals surface area contributed by atoms with Crippen molar-refractivity contribution in [3.8, 4) is 10.6 Å². The molecular weight excluding hydrogens is 384 g/mol. The molecule has 0 radical (unpaired) electrons. The second kappa shape index (κ2) is 8.45. The standard InChI is InChI=1S/C18H20N4O3S2/c1-10-14(11(2)25-22-10)5-7-17(24)21-18-20-15(9-26-18)16-6-4-13(27-16)8-19-12(3)23/h4,6,9H,5,7-8H2,1-3H3,(H,19,23)(H,20,21,24). The second-order valence-electron chi connectivity index (χ2n) is 6.06. The second-order valence-corrected chi connectivity index (χ2v) is 8.09. The van der Waals surface area contributed by atoms with Gasteiger partial charge in [-0.3, -0.25) is 9.59 Å². The molecule has 0 aromatic carbocycles. The number of rotatable bonds is 7. The van der Waals surface area contributed by atoms with Gasteiger partial charge in [-0.2, -0.15) is 0 Å². The van der Waals surface area contributed by atoms with Crippen molar-refractivity contribution in [1.29, 1.82) is 0 Å². The Morgan fingerprint density at radius 2 is 2.07 bits per heavy atom. The van der Waals surface area contributed by atoms with Crippen LogP contribution in [0.25, 0.3) is 10.6 Å². The lowest BCUT2D eigenvalue weighted by Gasteiger charge is -2.01. The maximum absolute atomic E-state index is 12.2. The highest BCUT2D eigenvalue weighted by atomic mass is 32.1. The molecule has 0 unspecified atom stereocenters. The van der Waals surface area contributed by atoms with Crippen LogP contribution < -0.4 is 10.6 Å². The Kier molecular flexibility index (Phi) is 6.02. The van der Waals surface area contributed by atoms with Crippen LogP contribution in [0.3, 0.4) is 0 Å². The van der Waals surface area contributed by atoms with E-state index in [0.29, 0.717) is 24.5 Å². The van der Waals surface area contributed by atoms with E-state index in [1.807, 2.05) is 31.4 Å². The zero-order chi connectivity index (χ0) is 19.4. The van der Waals surface area contributed by atoms with E-state index in [1.54, 1.807) is 11.3 Å². The van der Waals surface area contributed by atoms with Crippen LogP contribution in [-0.4, -0.2) is 22.0 Å². The average Bonchev–Trinajstić information content (AvgIpc) is 3.33. The summed E-state index contributed by atoms with van der Waals surface area (Å²) in [6, 6.07) is 3.94. The maximum Gasteiger partial charge on any atom is 0.226 e. The van der Waals surface area contributed by atoms with Gasteiger partial charge in [0, 0.05) is 29.2 Å². The quantitative estimate of drug-likeness (QED) is 0.626. The first-order chi connectivity index (χ1) is 12.9. The summed E-state index contributed by atoms with van der Waals surface area (Å²) < 4.78 is 5.12. The minimum Gasteiger partial charge on any atom is -0.361 e. The highest BCUT2D eigenvalue weighted by Gasteiger charge is 2.13. The summed E-state index contributed by atoms with van der Waals surface area (Å²) in [5, 5.41) is 12.0. The van der Waals surface area contributed by atoms with E-state index in [2.05, 4.69) is 20.8 Å². The predicted octanol–water partition coefficient (Wildman–Crippen LogP) is 3.68. The van der Waals surface area contributed by atoms with Gasteiger partial charge >= 0.3 is 0 Å². The molecule has 27 heavy (non-hydrogen) atoms. The number of nitrogens with one attached hydrogen (secondary N) is 2. The van der Waals surface area contributed by atoms with E-state index < -0.39 is 0 Å². The van der Waals surface area contributed by atoms with E-state index >= 15 is 0 Å². The fourth-order valence-corrected chi connectivity index (χ4v) is 4.26. The van der Waals surface area contributed by atoms with Crippen molar-refractivity contribution in [2.75, 3.05) is 5.32 Å². The zero-order valence-electron chi connectivity index (χ0n) is 15.3. The van der Waals surface area contributed by atoms with Crippen LogP contribution in [0.1, 0.15) is 35.2 Å². The number of nitrogens with zero attached hydrogens (tertiary/aromatic N) is 2. The van der Waals surface area contributed by atoms with Crippen molar-refractivity contribution in [3.63, 3.8) is 0 Å². The summed E-state index contributed by atoms with van der Waals surface area (Å²) in [5.41, 5.74) is 2.62. The third-order valence-electron chi connectivity index (χ3n) is 3.96. The van der Waals surface area contributed by atoms with Gasteiger partial charge in [-0.15, -0.1) is 22.7 Å². The molecule has 0 bridgehead atoms. The minimum absolute atomic E-state index is 0.0554. The van der Waals surface area contributed by atoms with Crippen LogP contribution in [0, 0.1) is 13.8 Å². The lowest BCUT2D eigenvalue weighted by Crippen LogP contribution is -2.17. The smallest absolute Gasteiger partial charge is 0.226 e. The topological polar surface area (TPSA) is 97.1 Å². The summed E-state index contributed by atoms with van der Waals surface area (Å²) in [4.78, 5) is 29.7. The van der Waals surface area contributed by atoms with E-state index in [-0.39, 0.29) is 11.8 Å². The van der Waals surface area contributed by atoms with E-state index in [1.165, 1.54) is 18.3 Å². The lowest BCUT2D eigenvalue weighted by atomic mass is 10.1. The first-order valence-corrected chi connectivity index (χ1v) is 10.1. The van der Waals surface area contributed by atoms with Crippen molar-refractivity contribution >= 4 is 39.6 Å². The van der Waals surface area contributed by atoms with Gasteiger partial charge in [0.05, 0.1) is 22.8 Å². The molecule has 3 heterocycles. The Labute approximate surface area is 164 Å². The van der Waals surface area contributed by atoms with Gasteiger partial charge in [0.15, 0.2) is 5.13 Å². The molecule has 3 aromatic rings. The molecule has 0 aliphatic heterocycles. The molecule has 0 aliphatic rings. The number of amides is 2. The fourth-order valence-electron chi connectivity index (χ4n) is 2.55. The molecule has 3 rings (SSSR count). The minimum atomic E-state index is -0.0894. The number of thiazole rings is 1. The number of hydrogen-bond donors (Lipinski definition) is 2. The summed E-state index contributed by atoms with van der Waals surface area (Å²) >= 11 is 2.96. The van der Waals surface area contributed by atoms with Gasteiger partial charge in [0.2, 0.25) is 11.8 Å². The van der Waals surface area contributed by atoms with E-state index in [9.17, 15) is 9.59 Å². The Bertz CT molecular complexity index is 938. The van der Waals surface area contributed by atoms with Crippen molar-refractivity contribution in [2.45, 2.75) is 40.2 Å². The van der Waals surface area contributed by atoms with Crippen LogP contribution in [0.2, 0.25) is 0 Å². The van der Waals surface area contributed by atoms with Gasteiger partial charge in [0.25, 0.3) is 0 Å². The molecule has 2 amide bonds. The molecule has 9 heteroatoms.